The summed E-state index contributed by atoms with van der Waals surface area (Å²) in [5, 5.41) is 0. The fraction of sp³-hybridized carbons (Fsp3) is 1.00. The maximum atomic E-state index is 14.0. The molecule has 0 aromatic carbocycles. The third kappa shape index (κ3) is 2.97. The quantitative estimate of drug-likeness (QED) is 0.757. The molecule has 3 atom stereocenters. The third-order valence-corrected chi connectivity index (χ3v) is 4.41. The van der Waals surface area contributed by atoms with Gasteiger partial charge in [-0.05, 0) is 45.6 Å². The van der Waals surface area contributed by atoms with E-state index in [0.29, 0.717) is 13.0 Å². The highest BCUT2D eigenvalue weighted by molar-refractivity contribution is 5.11. The summed E-state index contributed by atoms with van der Waals surface area (Å²) in [6, 6.07) is 0. The molecule has 2 heterocycles. The van der Waals surface area contributed by atoms with Crippen molar-refractivity contribution in [3.05, 3.63) is 0 Å². The third-order valence-electron chi connectivity index (χ3n) is 4.41. The van der Waals surface area contributed by atoms with Crippen molar-refractivity contribution in [3.8, 4) is 0 Å². The number of nitrogens with zero attached hydrogens (tertiary/aromatic N) is 1. The second-order valence-corrected chi connectivity index (χ2v) is 8.43. The van der Waals surface area contributed by atoms with Crippen LogP contribution in [0.1, 0.15) is 60.8 Å². The zero-order chi connectivity index (χ0) is 14.5. The lowest BCUT2D eigenvalue weighted by atomic mass is 9.73. The Balaban J connectivity index is 2.32. The number of ether oxygens (including phenoxy) is 1. The van der Waals surface area contributed by atoms with E-state index in [9.17, 15) is 4.39 Å². The minimum absolute atomic E-state index is 0.0277. The van der Waals surface area contributed by atoms with Crippen LogP contribution < -0.4 is 0 Å². The topological polar surface area (TPSA) is 12.5 Å². The molecule has 2 rings (SSSR count). The fourth-order valence-corrected chi connectivity index (χ4v) is 4.00. The first-order valence-corrected chi connectivity index (χ1v) is 7.62. The number of hydrogen-bond acceptors (Lipinski definition) is 2. The van der Waals surface area contributed by atoms with Gasteiger partial charge in [0.05, 0.1) is 17.2 Å². The monoisotopic (exact) mass is 271 g/mol. The van der Waals surface area contributed by atoms with Crippen molar-refractivity contribution < 1.29 is 9.13 Å². The van der Waals surface area contributed by atoms with Gasteiger partial charge in [0, 0.05) is 13.0 Å². The maximum Gasteiger partial charge on any atom is 0.115 e. The van der Waals surface area contributed by atoms with Gasteiger partial charge in [-0.2, -0.15) is 0 Å². The van der Waals surface area contributed by atoms with Crippen molar-refractivity contribution in [2.75, 3.05) is 13.1 Å². The minimum Gasteiger partial charge on any atom is -0.370 e. The molecule has 0 aliphatic carbocycles. The van der Waals surface area contributed by atoms with Gasteiger partial charge in [-0.3, -0.25) is 4.90 Å². The Morgan fingerprint density at radius 3 is 2.37 bits per heavy atom. The Kier molecular flexibility index (Phi) is 3.77. The number of fused-ring (bicyclic) bond motifs is 1. The number of halogens is 1. The zero-order valence-electron chi connectivity index (χ0n) is 13.4. The van der Waals surface area contributed by atoms with Gasteiger partial charge in [0.2, 0.25) is 0 Å². The number of alkyl halides is 1. The Hall–Kier alpha value is -0.150. The highest BCUT2D eigenvalue weighted by Crippen LogP contribution is 2.49. The van der Waals surface area contributed by atoms with Crippen LogP contribution in [0, 0.1) is 5.41 Å². The van der Waals surface area contributed by atoms with Gasteiger partial charge < -0.3 is 4.74 Å². The van der Waals surface area contributed by atoms with E-state index in [0.717, 1.165) is 13.0 Å². The average molecular weight is 271 g/mol. The second kappa shape index (κ2) is 4.70. The summed E-state index contributed by atoms with van der Waals surface area (Å²) in [5.74, 6) is 0. The van der Waals surface area contributed by atoms with Crippen LogP contribution in [0.5, 0.6) is 0 Å². The summed E-state index contributed by atoms with van der Waals surface area (Å²) in [5.41, 5.74) is -0.236. The Bertz CT molecular complexity index is 331. The van der Waals surface area contributed by atoms with Crippen molar-refractivity contribution in [1.29, 1.82) is 0 Å². The summed E-state index contributed by atoms with van der Waals surface area (Å²) in [6.45, 7) is 14.6. The molecule has 112 valence electrons. The molecule has 2 aliphatic rings. The lowest BCUT2D eigenvalue weighted by Gasteiger charge is -2.48. The van der Waals surface area contributed by atoms with Crippen molar-refractivity contribution in [3.63, 3.8) is 0 Å². The van der Waals surface area contributed by atoms with Crippen LogP contribution in [-0.4, -0.2) is 41.4 Å². The molecular formula is C16H30FNO. The lowest BCUT2D eigenvalue weighted by molar-refractivity contribution is -0.159. The highest BCUT2D eigenvalue weighted by Gasteiger charge is 2.57. The van der Waals surface area contributed by atoms with Gasteiger partial charge in [-0.25, -0.2) is 4.39 Å². The molecule has 2 nitrogen and oxygen atoms in total. The Morgan fingerprint density at radius 1 is 1.21 bits per heavy atom. The standard InChI is InChI=1S/C16H30FNO/c1-14(2,3)13(19-15(4,5)6)16-8-7-9-18(16)11-12(17)10-16/h12-13H,7-11H2,1-6H3/t12-,13?,16+/m1/s1. The van der Waals surface area contributed by atoms with E-state index in [4.69, 9.17) is 4.74 Å². The van der Waals surface area contributed by atoms with Crippen LogP contribution in [0.4, 0.5) is 4.39 Å². The largest absolute Gasteiger partial charge is 0.370 e. The van der Waals surface area contributed by atoms with Crippen molar-refractivity contribution >= 4 is 0 Å². The van der Waals surface area contributed by atoms with E-state index >= 15 is 0 Å². The van der Waals surface area contributed by atoms with Gasteiger partial charge in [0.1, 0.15) is 6.17 Å². The van der Waals surface area contributed by atoms with E-state index in [-0.39, 0.29) is 22.7 Å². The van der Waals surface area contributed by atoms with Gasteiger partial charge in [-0.1, -0.05) is 20.8 Å². The van der Waals surface area contributed by atoms with Gasteiger partial charge >= 0.3 is 0 Å². The smallest absolute Gasteiger partial charge is 0.115 e. The molecule has 0 N–H and O–H groups in total. The van der Waals surface area contributed by atoms with Crippen LogP contribution in [-0.2, 0) is 4.74 Å². The Morgan fingerprint density at radius 2 is 1.84 bits per heavy atom. The minimum atomic E-state index is -0.686. The van der Waals surface area contributed by atoms with Crippen LogP contribution >= 0.6 is 0 Å². The molecule has 3 heteroatoms. The van der Waals surface area contributed by atoms with E-state index in [1.54, 1.807) is 0 Å². The molecule has 0 radical (unpaired) electrons. The molecule has 0 spiro atoms. The molecule has 0 saturated carbocycles. The molecule has 0 aromatic rings. The highest BCUT2D eigenvalue weighted by atomic mass is 19.1. The van der Waals surface area contributed by atoms with Gasteiger partial charge in [0.25, 0.3) is 0 Å². The first-order chi connectivity index (χ1) is 8.55. The summed E-state index contributed by atoms with van der Waals surface area (Å²) in [4.78, 5) is 2.36. The van der Waals surface area contributed by atoms with E-state index < -0.39 is 6.17 Å². The predicted octanol–water partition coefficient (Wildman–Crippen LogP) is 3.79. The molecular weight excluding hydrogens is 241 g/mol. The Labute approximate surface area is 117 Å². The van der Waals surface area contributed by atoms with Crippen molar-refractivity contribution in [1.82, 2.24) is 4.90 Å². The van der Waals surface area contributed by atoms with Crippen LogP contribution in [0.3, 0.4) is 0 Å². The predicted molar refractivity (Wildman–Crippen MR) is 77.1 cm³/mol. The maximum absolute atomic E-state index is 14.0. The molecule has 2 aliphatic heterocycles. The normalized spacial score (nSPS) is 34.6. The molecule has 2 saturated heterocycles. The average Bonchev–Trinajstić information content (AvgIpc) is 2.67. The molecule has 1 unspecified atom stereocenters. The zero-order valence-corrected chi connectivity index (χ0v) is 13.4. The van der Waals surface area contributed by atoms with E-state index in [1.165, 1.54) is 6.42 Å². The lowest BCUT2D eigenvalue weighted by Crippen LogP contribution is -2.57. The van der Waals surface area contributed by atoms with Crippen molar-refractivity contribution in [2.24, 2.45) is 5.41 Å². The van der Waals surface area contributed by atoms with E-state index in [2.05, 4.69) is 46.4 Å². The molecule has 0 bridgehead atoms. The molecule has 0 aromatic heterocycles. The first kappa shape index (κ1) is 15.2. The summed E-state index contributed by atoms with van der Waals surface area (Å²) in [7, 11) is 0. The number of hydrogen-bond donors (Lipinski definition) is 0. The van der Waals surface area contributed by atoms with E-state index in [1.807, 2.05) is 0 Å². The van der Waals surface area contributed by atoms with Crippen LogP contribution in [0.25, 0.3) is 0 Å². The summed E-state index contributed by atoms with van der Waals surface area (Å²) in [6.07, 6.45) is 2.29. The second-order valence-electron chi connectivity index (χ2n) is 8.43. The molecule has 2 fully saturated rings. The fourth-order valence-electron chi connectivity index (χ4n) is 4.00. The summed E-state index contributed by atoms with van der Waals surface area (Å²) >= 11 is 0. The molecule has 19 heavy (non-hydrogen) atoms. The van der Waals surface area contributed by atoms with Crippen molar-refractivity contribution in [2.45, 2.75) is 84.2 Å². The SMILES string of the molecule is CC(C)(C)OC(C(C)(C)C)[C@@]12CCCN1C[C@H](F)C2. The van der Waals surface area contributed by atoms with Crippen LogP contribution in [0.15, 0.2) is 0 Å². The van der Waals surface area contributed by atoms with Crippen LogP contribution in [0.2, 0.25) is 0 Å². The summed E-state index contributed by atoms with van der Waals surface area (Å²) < 4.78 is 20.4. The number of rotatable bonds is 2. The van der Waals surface area contributed by atoms with Gasteiger partial charge in [0.15, 0.2) is 0 Å². The molecule has 0 amide bonds. The first-order valence-electron chi connectivity index (χ1n) is 7.62. The van der Waals surface area contributed by atoms with Gasteiger partial charge in [-0.15, -0.1) is 0 Å².